The Hall–Kier alpha value is -2.51. The lowest BCUT2D eigenvalue weighted by atomic mass is 10.1. The highest BCUT2D eigenvalue weighted by Crippen LogP contribution is 2.32. The molecule has 0 aromatic heterocycles. The molecule has 0 unspecified atom stereocenters. The van der Waals surface area contributed by atoms with Crippen LogP contribution < -0.4 is 5.32 Å². The van der Waals surface area contributed by atoms with Crippen LogP contribution in [0.1, 0.15) is 11.1 Å². The lowest BCUT2D eigenvalue weighted by Crippen LogP contribution is -2.16. The number of carbonyl (C=O) groups excluding carboxylic acids is 2. The average Bonchev–Trinajstić information content (AvgIpc) is 2.46. The van der Waals surface area contributed by atoms with Crippen molar-refractivity contribution in [2.75, 3.05) is 19.5 Å². The zero-order valence-electron chi connectivity index (χ0n) is 12.1. The van der Waals surface area contributed by atoms with Crippen LogP contribution in [0.3, 0.4) is 0 Å². The third-order valence-electron chi connectivity index (χ3n) is 2.70. The van der Waals surface area contributed by atoms with Gasteiger partial charge in [0.15, 0.2) is 0 Å². The van der Waals surface area contributed by atoms with Gasteiger partial charge in [0.05, 0.1) is 25.9 Å². The van der Waals surface area contributed by atoms with Crippen LogP contribution in [0.4, 0.5) is 18.9 Å². The van der Waals surface area contributed by atoms with E-state index in [0.29, 0.717) is 5.56 Å². The van der Waals surface area contributed by atoms with Gasteiger partial charge in [-0.05, 0) is 24.6 Å². The molecule has 0 amide bonds. The van der Waals surface area contributed by atoms with E-state index in [-0.39, 0.29) is 11.4 Å². The Kier molecular flexibility index (Phi) is 5.56. The van der Waals surface area contributed by atoms with E-state index in [1.165, 1.54) is 6.07 Å². The van der Waals surface area contributed by atoms with Gasteiger partial charge in [-0.1, -0.05) is 6.07 Å². The first-order chi connectivity index (χ1) is 10.2. The van der Waals surface area contributed by atoms with Crippen LogP contribution in [-0.2, 0) is 25.2 Å². The first-order valence-electron chi connectivity index (χ1n) is 6.02. The van der Waals surface area contributed by atoms with Gasteiger partial charge in [0.1, 0.15) is 5.70 Å². The van der Waals surface area contributed by atoms with E-state index in [1.807, 2.05) is 0 Å². The highest BCUT2D eigenvalue weighted by Gasteiger charge is 2.31. The van der Waals surface area contributed by atoms with E-state index < -0.39 is 23.7 Å². The quantitative estimate of drug-likeness (QED) is 0.683. The molecule has 1 rings (SSSR count). The lowest BCUT2D eigenvalue weighted by Gasteiger charge is -2.14. The maximum atomic E-state index is 12.7. The molecule has 0 heterocycles. The number of benzene rings is 1. The number of methoxy groups -OCH3 is 2. The highest BCUT2D eigenvalue weighted by molar-refractivity contribution is 5.98. The number of hydrogen-bond acceptors (Lipinski definition) is 5. The number of ether oxygens (including phenoxy) is 2. The van der Waals surface area contributed by atoms with Crippen LogP contribution in [-0.4, -0.2) is 26.2 Å². The van der Waals surface area contributed by atoms with Gasteiger partial charge < -0.3 is 14.8 Å². The molecule has 0 atom stereocenters. The van der Waals surface area contributed by atoms with Crippen molar-refractivity contribution in [2.24, 2.45) is 0 Å². The first kappa shape index (κ1) is 17.5. The fraction of sp³-hybridized carbons (Fsp3) is 0.286. The zero-order chi connectivity index (χ0) is 16.9. The van der Waals surface area contributed by atoms with E-state index in [9.17, 15) is 22.8 Å². The summed E-state index contributed by atoms with van der Waals surface area (Å²) in [6.45, 7) is 1.55. The fourth-order valence-electron chi connectivity index (χ4n) is 1.51. The summed E-state index contributed by atoms with van der Waals surface area (Å²) >= 11 is 0. The van der Waals surface area contributed by atoms with Crippen molar-refractivity contribution in [3.05, 3.63) is 41.1 Å². The van der Waals surface area contributed by atoms with Crippen LogP contribution in [0.2, 0.25) is 0 Å². The summed E-state index contributed by atoms with van der Waals surface area (Å²) in [4.78, 5) is 22.8. The summed E-state index contributed by atoms with van der Waals surface area (Å²) in [7, 11) is 2.18. The average molecular weight is 317 g/mol. The molecular weight excluding hydrogens is 303 g/mol. The van der Waals surface area contributed by atoms with Crippen LogP contribution in [0.5, 0.6) is 0 Å². The second-order valence-electron chi connectivity index (χ2n) is 4.23. The van der Waals surface area contributed by atoms with Crippen molar-refractivity contribution < 1.29 is 32.2 Å². The molecule has 0 fully saturated rings. The summed E-state index contributed by atoms with van der Waals surface area (Å²) in [5.74, 6) is -1.76. The second kappa shape index (κ2) is 6.97. The Labute approximate surface area is 124 Å². The third kappa shape index (κ3) is 4.51. The van der Waals surface area contributed by atoms with Crippen molar-refractivity contribution >= 4 is 17.6 Å². The van der Waals surface area contributed by atoms with E-state index in [1.54, 1.807) is 6.92 Å². The molecule has 0 radical (unpaired) electrons. The molecule has 8 heteroatoms. The van der Waals surface area contributed by atoms with Crippen molar-refractivity contribution in [3.63, 3.8) is 0 Å². The predicted molar refractivity (Wildman–Crippen MR) is 71.9 cm³/mol. The minimum atomic E-state index is -4.53. The monoisotopic (exact) mass is 317 g/mol. The van der Waals surface area contributed by atoms with E-state index >= 15 is 0 Å². The number of alkyl halides is 3. The molecule has 0 spiro atoms. The van der Waals surface area contributed by atoms with Gasteiger partial charge in [-0.2, -0.15) is 13.2 Å². The zero-order valence-corrected chi connectivity index (χ0v) is 12.1. The number of hydrogen-bond donors (Lipinski definition) is 1. The highest BCUT2D eigenvalue weighted by atomic mass is 19.4. The minimum absolute atomic E-state index is 0.0235. The first-order valence-corrected chi connectivity index (χ1v) is 6.02. The van der Waals surface area contributed by atoms with Gasteiger partial charge in [-0.3, -0.25) is 0 Å². The van der Waals surface area contributed by atoms with Gasteiger partial charge in [-0.25, -0.2) is 9.59 Å². The maximum Gasteiger partial charge on any atom is 0.416 e. The Morgan fingerprint density at radius 2 is 1.82 bits per heavy atom. The molecular formula is C14H14F3NO4. The third-order valence-corrected chi connectivity index (χ3v) is 2.70. The Bertz CT molecular complexity index is 609. The number of esters is 2. The molecule has 0 saturated carbocycles. The molecule has 0 aliphatic rings. The summed E-state index contributed by atoms with van der Waals surface area (Å²) in [6.07, 6.45) is -3.73. The van der Waals surface area contributed by atoms with E-state index in [4.69, 9.17) is 0 Å². The fourth-order valence-corrected chi connectivity index (χ4v) is 1.51. The Balaban J connectivity index is 3.21. The molecule has 5 nitrogen and oxygen atoms in total. The summed E-state index contributed by atoms with van der Waals surface area (Å²) < 4.78 is 47.0. The molecule has 0 aliphatic carbocycles. The number of carbonyl (C=O) groups is 2. The molecule has 0 saturated heterocycles. The number of halogens is 3. The van der Waals surface area contributed by atoms with Crippen LogP contribution in [0.15, 0.2) is 30.0 Å². The van der Waals surface area contributed by atoms with E-state index in [0.717, 1.165) is 32.4 Å². The van der Waals surface area contributed by atoms with Crippen LogP contribution in [0.25, 0.3) is 0 Å². The smallest absolute Gasteiger partial charge is 0.416 e. The molecule has 120 valence electrons. The van der Waals surface area contributed by atoms with Gasteiger partial charge >= 0.3 is 18.1 Å². The maximum absolute atomic E-state index is 12.7. The molecule has 0 aliphatic heterocycles. The number of nitrogens with one attached hydrogen (secondary N) is 1. The second-order valence-corrected chi connectivity index (χ2v) is 4.23. The van der Waals surface area contributed by atoms with Gasteiger partial charge in [0.25, 0.3) is 0 Å². The Morgan fingerprint density at radius 3 is 2.32 bits per heavy atom. The number of anilines is 1. The van der Waals surface area contributed by atoms with Gasteiger partial charge in [0, 0.05) is 5.69 Å². The largest absolute Gasteiger partial charge is 0.466 e. The molecule has 1 aromatic carbocycles. The van der Waals surface area contributed by atoms with Crippen molar-refractivity contribution in [1.29, 1.82) is 0 Å². The lowest BCUT2D eigenvalue weighted by molar-refractivity contribution is -0.138. The predicted octanol–water partition coefficient (Wildman–Crippen LogP) is 2.66. The Morgan fingerprint density at radius 1 is 1.18 bits per heavy atom. The SMILES string of the molecule is COC(=O)/C=C(/Nc1cc(C(F)(F)F)ccc1C)C(=O)OC. The molecule has 0 bridgehead atoms. The van der Waals surface area contributed by atoms with Crippen molar-refractivity contribution in [3.8, 4) is 0 Å². The van der Waals surface area contributed by atoms with Gasteiger partial charge in [-0.15, -0.1) is 0 Å². The standard InChI is InChI=1S/C14H14F3NO4/c1-8-4-5-9(14(15,16)17)6-10(8)18-11(13(20)22-3)7-12(19)21-2/h4-7,18H,1-3H3/b11-7+. The van der Waals surface area contributed by atoms with Crippen molar-refractivity contribution in [1.82, 2.24) is 0 Å². The normalized spacial score (nSPS) is 11.8. The molecule has 1 N–H and O–H groups in total. The topological polar surface area (TPSA) is 64.6 Å². The summed E-state index contributed by atoms with van der Waals surface area (Å²) in [6, 6.07) is 3.00. The van der Waals surface area contributed by atoms with E-state index in [2.05, 4.69) is 14.8 Å². The van der Waals surface area contributed by atoms with Crippen molar-refractivity contribution in [2.45, 2.75) is 13.1 Å². The molecule has 1 aromatic rings. The van der Waals surface area contributed by atoms with Crippen LogP contribution in [0, 0.1) is 6.92 Å². The number of aryl methyl sites for hydroxylation is 1. The van der Waals surface area contributed by atoms with Crippen LogP contribution >= 0.6 is 0 Å². The summed E-state index contributed by atoms with van der Waals surface area (Å²) in [5.41, 5.74) is -0.747. The molecule has 22 heavy (non-hydrogen) atoms. The number of rotatable bonds is 4. The summed E-state index contributed by atoms with van der Waals surface area (Å²) in [5, 5.41) is 2.46. The van der Waals surface area contributed by atoms with Gasteiger partial charge in [0.2, 0.25) is 0 Å². The minimum Gasteiger partial charge on any atom is -0.466 e.